The van der Waals surface area contributed by atoms with Crippen molar-refractivity contribution in [1.82, 2.24) is 9.38 Å². The molecule has 3 rings (SSSR count). The molecular weight excluding hydrogens is 311 g/mol. The topological polar surface area (TPSA) is 68.3 Å². The van der Waals surface area contributed by atoms with Gasteiger partial charge in [-0.2, -0.15) is 0 Å². The maximum atomic E-state index is 13.7. The molecule has 0 aliphatic carbocycles. The number of rotatable bonds is 4. The Hall–Kier alpha value is -3.09. The van der Waals surface area contributed by atoms with E-state index >= 15 is 0 Å². The van der Waals surface area contributed by atoms with Crippen molar-refractivity contribution in [3.05, 3.63) is 59.7 Å². The Morgan fingerprint density at radius 2 is 2.04 bits per heavy atom. The van der Waals surface area contributed by atoms with Crippen molar-refractivity contribution < 1.29 is 13.9 Å². The van der Waals surface area contributed by atoms with E-state index in [0.717, 1.165) is 5.56 Å². The first kappa shape index (κ1) is 15.8. The molecule has 1 aromatic carbocycles. The number of hydrogen-bond acceptors (Lipinski definition) is 5. The van der Waals surface area contributed by atoms with E-state index in [9.17, 15) is 9.18 Å². The summed E-state index contributed by atoms with van der Waals surface area (Å²) in [5, 5.41) is 7.97. The van der Waals surface area contributed by atoms with Crippen LogP contribution in [0.4, 0.5) is 15.9 Å². The Kier molecular flexibility index (Phi) is 4.33. The van der Waals surface area contributed by atoms with Crippen LogP contribution in [0.1, 0.15) is 23.0 Å². The smallest absolute Gasteiger partial charge is 0.360 e. The lowest BCUT2D eigenvalue weighted by molar-refractivity contribution is 0.0521. The molecule has 2 heterocycles. The molecule has 3 aromatic rings. The summed E-state index contributed by atoms with van der Waals surface area (Å²) in [5.74, 6) is -0.888. The molecule has 0 atom stereocenters. The average molecular weight is 326 g/mol. The summed E-state index contributed by atoms with van der Waals surface area (Å²) in [5.41, 5.74) is 1.61. The standard InChI is InChI=1S/C17H15FN4O2/c1-3-24-17(23)15-16(21-20-13-7-5-4-6-12(13)18)22-10-11(2)8-9-14(22)19-15/h4-10H,3H2,1-2H3. The molecule has 0 saturated heterocycles. The fraction of sp³-hybridized carbons (Fsp3) is 0.176. The van der Waals surface area contributed by atoms with E-state index in [0.29, 0.717) is 5.65 Å². The van der Waals surface area contributed by atoms with Crippen molar-refractivity contribution >= 4 is 23.1 Å². The molecule has 0 saturated carbocycles. The summed E-state index contributed by atoms with van der Waals surface area (Å²) < 4.78 is 20.4. The number of carbonyl (C=O) groups is 1. The number of benzene rings is 1. The van der Waals surface area contributed by atoms with E-state index in [-0.39, 0.29) is 23.8 Å². The third-order valence-electron chi connectivity index (χ3n) is 3.31. The predicted molar refractivity (Wildman–Crippen MR) is 86.5 cm³/mol. The van der Waals surface area contributed by atoms with Crippen molar-refractivity contribution in [3.63, 3.8) is 0 Å². The lowest BCUT2D eigenvalue weighted by Gasteiger charge is -2.00. The van der Waals surface area contributed by atoms with Gasteiger partial charge in [-0.1, -0.05) is 18.2 Å². The quantitative estimate of drug-likeness (QED) is 0.528. The number of hydrogen-bond donors (Lipinski definition) is 0. The Morgan fingerprint density at radius 1 is 1.25 bits per heavy atom. The van der Waals surface area contributed by atoms with Gasteiger partial charge in [0.05, 0.1) is 6.61 Å². The van der Waals surface area contributed by atoms with E-state index < -0.39 is 11.8 Å². The molecule has 7 heteroatoms. The number of aryl methyl sites for hydroxylation is 1. The molecule has 0 bridgehead atoms. The number of aromatic nitrogens is 2. The summed E-state index contributed by atoms with van der Waals surface area (Å²) >= 11 is 0. The van der Waals surface area contributed by atoms with Crippen molar-refractivity contribution in [2.45, 2.75) is 13.8 Å². The highest BCUT2D eigenvalue weighted by atomic mass is 19.1. The lowest BCUT2D eigenvalue weighted by atomic mass is 10.3. The summed E-state index contributed by atoms with van der Waals surface area (Å²) in [7, 11) is 0. The number of azo groups is 1. The SMILES string of the molecule is CCOC(=O)c1nc2ccc(C)cn2c1N=Nc1ccccc1F. The van der Waals surface area contributed by atoms with Crippen LogP contribution in [0, 0.1) is 12.7 Å². The number of ether oxygens (including phenoxy) is 1. The summed E-state index contributed by atoms with van der Waals surface area (Å²) in [4.78, 5) is 16.4. The van der Waals surface area contributed by atoms with Crippen molar-refractivity contribution in [1.29, 1.82) is 0 Å². The Balaban J connectivity index is 2.13. The largest absolute Gasteiger partial charge is 0.461 e. The van der Waals surface area contributed by atoms with Crippen LogP contribution in [-0.2, 0) is 4.74 Å². The number of fused-ring (bicyclic) bond motifs is 1. The highest BCUT2D eigenvalue weighted by molar-refractivity contribution is 5.93. The lowest BCUT2D eigenvalue weighted by Crippen LogP contribution is -2.05. The van der Waals surface area contributed by atoms with Gasteiger partial charge in [0, 0.05) is 6.20 Å². The summed E-state index contributed by atoms with van der Waals surface area (Å²) in [6.07, 6.45) is 1.78. The molecule has 0 fully saturated rings. The van der Waals surface area contributed by atoms with Gasteiger partial charge in [-0.15, -0.1) is 10.2 Å². The van der Waals surface area contributed by atoms with Crippen LogP contribution in [0.2, 0.25) is 0 Å². The van der Waals surface area contributed by atoms with Gasteiger partial charge < -0.3 is 4.74 Å². The predicted octanol–water partition coefficient (Wildman–Crippen LogP) is 4.37. The summed E-state index contributed by atoms with van der Waals surface area (Å²) in [6.45, 7) is 3.83. The van der Waals surface area contributed by atoms with Gasteiger partial charge in [0.15, 0.2) is 17.3 Å². The molecule has 24 heavy (non-hydrogen) atoms. The Bertz CT molecular complexity index is 933. The molecule has 0 N–H and O–H groups in total. The number of esters is 1. The van der Waals surface area contributed by atoms with Crippen LogP contribution in [0.5, 0.6) is 0 Å². The Morgan fingerprint density at radius 3 is 2.79 bits per heavy atom. The van der Waals surface area contributed by atoms with Crippen molar-refractivity contribution in [2.75, 3.05) is 6.61 Å². The first-order valence-corrected chi connectivity index (χ1v) is 7.42. The molecule has 0 radical (unpaired) electrons. The molecular formula is C17H15FN4O2. The highest BCUT2D eigenvalue weighted by Gasteiger charge is 2.20. The maximum Gasteiger partial charge on any atom is 0.360 e. The summed E-state index contributed by atoms with van der Waals surface area (Å²) in [6, 6.07) is 9.64. The van der Waals surface area contributed by atoms with Gasteiger partial charge >= 0.3 is 5.97 Å². The maximum absolute atomic E-state index is 13.7. The van der Waals surface area contributed by atoms with Crippen molar-refractivity contribution in [3.8, 4) is 0 Å². The van der Waals surface area contributed by atoms with E-state index in [1.807, 2.05) is 13.0 Å². The van der Waals surface area contributed by atoms with Gasteiger partial charge in [-0.05, 0) is 37.6 Å². The van der Waals surface area contributed by atoms with Crippen LogP contribution in [0.3, 0.4) is 0 Å². The third-order valence-corrected chi connectivity index (χ3v) is 3.31. The number of pyridine rings is 1. The van der Waals surface area contributed by atoms with Gasteiger partial charge in [-0.3, -0.25) is 4.40 Å². The van der Waals surface area contributed by atoms with E-state index in [1.54, 1.807) is 35.7 Å². The first-order valence-electron chi connectivity index (χ1n) is 7.42. The number of carbonyl (C=O) groups excluding carboxylic acids is 1. The zero-order valence-electron chi connectivity index (χ0n) is 13.2. The number of imidazole rings is 1. The first-order chi connectivity index (χ1) is 11.6. The highest BCUT2D eigenvalue weighted by Crippen LogP contribution is 2.26. The fourth-order valence-electron chi connectivity index (χ4n) is 2.20. The minimum Gasteiger partial charge on any atom is -0.461 e. The average Bonchev–Trinajstić information content (AvgIpc) is 2.92. The molecule has 0 unspecified atom stereocenters. The van der Waals surface area contributed by atoms with Crippen LogP contribution in [0.25, 0.3) is 5.65 Å². The second-order valence-electron chi connectivity index (χ2n) is 5.09. The van der Waals surface area contributed by atoms with Crippen LogP contribution >= 0.6 is 0 Å². The van der Waals surface area contributed by atoms with Crippen LogP contribution < -0.4 is 0 Å². The molecule has 2 aromatic heterocycles. The second-order valence-corrected chi connectivity index (χ2v) is 5.09. The normalized spacial score (nSPS) is 11.3. The van der Waals surface area contributed by atoms with Crippen LogP contribution in [0.15, 0.2) is 52.8 Å². The van der Waals surface area contributed by atoms with Gasteiger partial charge in [-0.25, -0.2) is 14.2 Å². The zero-order chi connectivity index (χ0) is 17.1. The molecule has 122 valence electrons. The van der Waals surface area contributed by atoms with Gasteiger partial charge in [0.1, 0.15) is 11.3 Å². The van der Waals surface area contributed by atoms with E-state index in [2.05, 4.69) is 15.2 Å². The second kappa shape index (κ2) is 6.57. The van der Waals surface area contributed by atoms with Crippen LogP contribution in [-0.4, -0.2) is 22.0 Å². The molecule has 0 aliphatic heterocycles. The van der Waals surface area contributed by atoms with Crippen molar-refractivity contribution in [2.24, 2.45) is 10.2 Å². The zero-order valence-corrected chi connectivity index (χ0v) is 13.2. The third kappa shape index (κ3) is 3.01. The van der Waals surface area contributed by atoms with E-state index in [4.69, 9.17) is 4.74 Å². The molecule has 6 nitrogen and oxygen atoms in total. The Labute approximate surface area is 137 Å². The fourth-order valence-corrected chi connectivity index (χ4v) is 2.20. The van der Waals surface area contributed by atoms with Gasteiger partial charge in [0.2, 0.25) is 0 Å². The van der Waals surface area contributed by atoms with E-state index in [1.165, 1.54) is 12.1 Å². The monoisotopic (exact) mass is 326 g/mol. The number of halogens is 1. The molecule has 0 amide bonds. The molecule has 0 aliphatic rings. The minimum atomic E-state index is -0.596. The minimum absolute atomic E-state index is 0.0440. The molecule has 0 spiro atoms. The van der Waals surface area contributed by atoms with Gasteiger partial charge in [0.25, 0.3) is 0 Å². The number of nitrogens with zero attached hydrogens (tertiary/aromatic N) is 4.